The summed E-state index contributed by atoms with van der Waals surface area (Å²) < 4.78 is 0. The second-order valence-corrected chi connectivity index (χ2v) is 6.46. The molecule has 3 nitrogen and oxygen atoms in total. The average Bonchev–Trinajstić information content (AvgIpc) is 2.56. The minimum absolute atomic E-state index is 0.187. The number of piperidine rings is 1. The Hall–Kier alpha value is -0.570. The molecule has 0 aromatic carbocycles. The van der Waals surface area contributed by atoms with Gasteiger partial charge in [0.1, 0.15) is 0 Å². The molecule has 2 N–H and O–H groups in total. The van der Waals surface area contributed by atoms with Crippen LogP contribution in [0, 0.1) is 11.8 Å². The fourth-order valence-corrected chi connectivity index (χ4v) is 3.55. The molecule has 2 rings (SSSR count). The molecule has 0 bridgehead atoms. The van der Waals surface area contributed by atoms with Crippen LogP contribution in [-0.4, -0.2) is 29.9 Å². The van der Waals surface area contributed by atoms with Gasteiger partial charge in [-0.1, -0.05) is 32.6 Å². The lowest BCUT2D eigenvalue weighted by molar-refractivity contribution is -0.134. The number of nitrogens with two attached hydrogens (primary N) is 1. The van der Waals surface area contributed by atoms with E-state index >= 15 is 0 Å². The normalized spacial score (nSPS) is 31.1. The fourth-order valence-electron chi connectivity index (χ4n) is 3.55. The third-order valence-electron chi connectivity index (χ3n) is 4.48. The molecule has 18 heavy (non-hydrogen) atoms. The molecule has 104 valence electrons. The molecule has 2 atom stereocenters. The standard InChI is InChI=1S/C15H28N2O/c1-12-8-14(16)11-17(10-12)15(18)9-13-6-4-2-3-5-7-13/h12-14H,2-11,16H2,1H3. The molecule has 2 fully saturated rings. The van der Waals surface area contributed by atoms with Gasteiger partial charge in [-0.15, -0.1) is 0 Å². The second-order valence-electron chi connectivity index (χ2n) is 6.46. The topological polar surface area (TPSA) is 46.3 Å². The van der Waals surface area contributed by atoms with Crippen molar-refractivity contribution in [2.45, 2.75) is 64.3 Å². The van der Waals surface area contributed by atoms with Crippen molar-refractivity contribution < 1.29 is 4.79 Å². The van der Waals surface area contributed by atoms with Gasteiger partial charge < -0.3 is 10.6 Å². The third-order valence-corrected chi connectivity index (χ3v) is 4.48. The average molecular weight is 252 g/mol. The lowest BCUT2D eigenvalue weighted by atomic mass is 9.93. The van der Waals surface area contributed by atoms with E-state index in [1.165, 1.54) is 38.5 Å². The molecule has 1 saturated carbocycles. The number of hydrogen-bond acceptors (Lipinski definition) is 2. The van der Waals surface area contributed by atoms with Crippen LogP contribution in [-0.2, 0) is 4.79 Å². The first kappa shape index (κ1) is 13.9. The van der Waals surface area contributed by atoms with E-state index in [0.29, 0.717) is 17.7 Å². The van der Waals surface area contributed by atoms with Crippen LogP contribution in [0.4, 0.5) is 0 Å². The number of hydrogen-bond donors (Lipinski definition) is 1. The first-order valence-corrected chi connectivity index (χ1v) is 7.68. The predicted molar refractivity (Wildman–Crippen MR) is 74.1 cm³/mol. The van der Waals surface area contributed by atoms with Crippen molar-refractivity contribution in [2.75, 3.05) is 13.1 Å². The van der Waals surface area contributed by atoms with E-state index in [0.717, 1.165) is 25.9 Å². The summed E-state index contributed by atoms with van der Waals surface area (Å²) in [6.07, 6.45) is 9.67. The van der Waals surface area contributed by atoms with E-state index in [1.807, 2.05) is 4.90 Å². The van der Waals surface area contributed by atoms with Crippen molar-refractivity contribution in [1.82, 2.24) is 4.90 Å². The molecule has 0 spiro atoms. The third kappa shape index (κ3) is 3.98. The second kappa shape index (κ2) is 6.55. The summed E-state index contributed by atoms with van der Waals surface area (Å²) in [6.45, 7) is 3.89. The Bertz CT molecular complexity index is 262. The molecule has 0 radical (unpaired) electrons. The van der Waals surface area contributed by atoms with Gasteiger partial charge in [-0.25, -0.2) is 0 Å². The van der Waals surface area contributed by atoms with E-state index in [4.69, 9.17) is 5.73 Å². The maximum Gasteiger partial charge on any atom is 0.222 e. The van der Waals surface area contributed by atoms with Gasteiger partial charge in [-0.05, 0) is 31.1 Å². The zero-order valence-corrected chi connectivity index (χ0v) is 11.7. The van der Waals surface area contributed by atoms with Gasteiger partial charge in [0.05, 0.1) is 0 Å². The number of carbonyl (C=O) groups excluding carboxylic acids is 1. The Morgan fingerprint density at radius 3 is 2.44 bits per heavy atom. The van der Waals surface area contributed by atoms with Gasteiger partial charge >= 0.3 is 0 Å². The molecule has 1 aliphatic carbocycles. The van der Waals surface area contributed by atoms with E-state index in [9.17, 15) is 4.79 Å². The van der Waals surface area contributed by atoms with Gasteiger partial charge in [-0.2, -0.15) is 0 Å². The van der Waals surface area contributed by atoms with Gasteiger partial charge in [0.15, 0.2) is 0 Å². The van der Waals surface area contributed by atoms with Crippen molar-refractivity contribution in [1.29, 1.82) is 0 Å². The fraction of sp³-hybridized carbons (Fsp3) is 0.933. The van der Waals surface area contributed by atoms with Gasteiger partial charge in [0, 0.05) is 25.6 Å². The molecule has 2 unspecified atom stereocenters. The Balaban J connectivity index is 1.82. The SMILES string of the molecule is CC1CC(N)CN(C(=O)CC2CCCCCC2)C1. The first-order chi connectivity index (χ1) is 8.65. The highest BCUT2D eigenvalue weighted by Crippen LogP contribution is 2.26. The smallest absolute Gasteiger partial charge is 0.222 e. The highest BCUT2D eigenvalue weighted by Gasteiger charge is 2.27. The lowest BCUT2D eigenvalue weighted by Gasteiger charge is -2.35. The van der Waals surface area contributed by atoms with Crippen molar-refractivity contribution in [3.8, 4) is 0 Å². The molecule has 1 aliphatic heterocycles. The van der Waals surface area contributed by atoms with Crippen LogP contribution in [0.2, 0.25) is 0 Å². The molecule has 1 saturated heterocycles. The molecule has 1 amide bonds. The summed E-state index contributed by atoms with van der Waals surface area (Å²) in [5.41, 5.74) is 6.02. The molecule has 1 heterocycles. The molecule has 0 aromatic rings. The van der Waals surface area contributed by atoms with Crippen LogP contribution in [0.5, 0.6) is 0 Å². The minimum Gasteiger partial charge on any atom is -0.341 e. The van der Waals surface area contributed by atoms with Gasteiger partial charge in [0.25, 0.3) is 0 Å². The molecule has 0 aromatic heterocycles. The zero-order valence-electron chi connectivity index (χ0n) is 11.7. The highest BCUT2D eigenvalue weighted by atomic mass is 16.2. The maximum absolute atomic E-state index is 12.3. The summed E-state index contributed by atoms with van der Waals surface area (Å²) in [7, 11) is 0. The monoisotopic (exact) mass is 252 g/mol. The molecule has 3 heteroatoms. The summed E-state index contributed by atoms with van der Waals surface area (Å²) in [4.78, 5) is 14.4. The summed E-state index contributed by atoms with van der Waals surface area (Å²) in [6, 6.07) is 0.187. The van der Waals surface area contributed by atoms with Crippen LogP contribution >= 0.6 is 0 Å². The Morgan fingerprint density at radius 2 is 1.83 bits per heavy atom. The first-order valence-electron chi connectivity index (χ1n) is 7.68. The van der Waals surface area contributed by atoms with E-state index in [2.05, 4.69) is 6.92 Å². The summed E-state index contributed by atoms with van der Waals surface area (Å²) in [5, 5.41) is 0. The van der Waals surface area contributed by atoms with Crippen LogP contribution in [0.15, 0.2) is 0 Å². The van der Waals surface area contributed by atoms with Gasteiger partial charge in [-0.3, -0.25) is 4.79 Å². The molecular weight excluding hydrogens is 224 g/mol. The van der Waals surface area contributed by atoms with Gasteiger partial charge in [0.2, 0.25) is 5.91 Å². The quantitative estimate of drug-likeness (QED) is 0.768. The number of nitrogens with zero attached hydrogens (tertiary/aromatic N) is 1. The number of carbonyl (C=O) groups is 1. The Morgan fingerprint density at radius 1 is 1.17 bits per heavy atom. The number of rotatable bonds is 2. The predicted octanol–water partition coefficient (Wildman–Crippen LogP) is 2.54. The molecular formula is C15H28N2O. The van der Waals surface area contributed by atoms with Crippen molar-refractivity contribution >= 4 is 5.91 Å². The van der Waals surface area contributed by atoms with Crippen molar-refractivity contribution in [2.24, 2.45) is 17.6 Å². The highest BCUT2D eigenvalue weighted by molar-refractivity contribution is 5.76. The van der Waals surface area contributed by atoms with Crippen molar-refractivity contribution in [3.05, 3.63) is 0 Å². The van der Waals surface area contributed by atoms with Crippen LogP contribution in [0.25, 0.3) is 0 Å². The number of amides is 1. The molecule has 2 aliphatic rings. The zero-order chi connectivity index (χ0) is 13.0. The Labute approximate surface area is 111 Å². The van der Waals surface area contributed by atoms with Crippen LogP contribution in [0.3, 0.4) is 0 Å². The Kier molecular flexibility index (Phi) is 5.04. The summed E-state index contributed by atoms with van der Waals surface area (Å²) >= 11 is 0. The van der Waals surface area contributed by atoms with E-state index in [-0.39, 0.29) is 6.04 Å². The number of likely N-dealkylation sites (tertiary alicyclic amines) is 1. The lowest BCUT2D eigenvalue weighted by Crippen LogP contribution is -2.49. The van der Waals surface area contributed by atoms with Crippen molar-refractivity contribution in [3.63, 3.8) is 0 Å². The largest absolute Gasteiger partial charge is 0.341 e. The maximum atomic E-state index is 12.3. The summed E-state index contributed by atoms with van der Waals surface area (Å²) in [5.74, 6) is 1.55. The van der Waals surface area contributed by atoms with Crippen LogP contribution in [0.1, 0.15) is 58.3 Å². The van der Waals surface area contributed by atoms with E-state index < -0.39 is 0 Å². The van der Waals surface area contributed by atoms with Crippen LogP contribution < -0.4 is 5.73 Å². The minimum atomic E-state index is 0.187. The van der Waals surface area contributed by atoms with E-state index in [1.54, 1.807) is 0 Å².